The molecule has 31 heavy (non-hydrogen) atoms. The zero-order valence-corrected chi connectivity index (χ0v) is 18.1. The molecule has 0 saturated carbocycles. The molecule has 7 heteroatoms. The van der Waals surface area contributed by atoms with E-state index in [0.717, 1.165) is 68.2 Å². The smallest absolute Gasteiger partial charge is 0.248 e. The molecule has 5 rings (SSSR count). The number of H-pyrrole nitrogens is 1. The fourth-order valence-electron chi connectivity index (χ4n) is 4.76. The van der Waals surface area contributed by atoms with E-state index in [2.05, 4.69) is 21.4 Å². The van der Waals surface area contributed by atoms with Crippen LogP contribution in [-0.2, 0) is 23.2 Å². The highest BCUT2D eigenvalue weighted by Crippen LogP contribution is 2.33. The second kappa shape index (κ2) is 7.73. The fourth-order valence-corrected chi connectivity index (χ4v) is 4.76. The van der Waals surface area contributed by atoms with Crippen molar-refractivity contribution in [2.75, 3.05) is 19.7 Å². The maximum atomic E-state index is 11.9. The molecule has 4 heterocycles. The predicted octanol–water partition coefficient (Wildman–Crippen LogP) is 2.88. The Balaban J connectivity index is 1.44. The quantitative estimate of drug-likeness (QED) is 0.621. The van der Waals surface area contributed by atoms with E-state index in [0.29, 0.717) is 5.56 Å². The highest BCUT2D eigenvalue weighted by molar-refractivity contribution is 5.97. The van der Waals surface area contributed by atoms with Crippen LogP contribution in [0.5, 0.6) is 0 Å². The minimum absolute atomic E-state index is 0.0549. The van der Waals surface area contributed by atoms with Gasteiger partial charge in [0.05, 0.1) is 30.2 Å². The number of ether oxygens (including phenoxy) is 1. The number of nitrogens with zero attached hydrogens (tertiary/aromatic N) is 3. The SMILES string of the molecule is CC(=O)c1ccc2nc(CN3CCC(C)(c4cccc(=O)[nH]4)C3)n(C[C@@H]3CCO3)c2c1. The number of pyridine rings is 1. The lowest BCUT2D eigenvalue weighted by molar-refractivity contribution is -0.0591. The number of benzene rings is 1. The normalized spacial score (nSPS) is 23.9. The highest BCUT2D eigenvalue weighted by atomic mass is 16.5. The number of hydrogen-bond donors (Lipinski definition) is 1. The molecule has 1 aromatic carbocycles. The maximum absolute atomic E-state index is 11.9. The average Bonchev–Trinajstić information content (AvgIpc) is 3.25. The molecule has 0 radical (unpaired) electrons. The summed E-state index contributed by atoms with van der Waals surface area (Å²) in [5.74, 6) is 1.06. The summed E-state index contributed by atoms with van der Waals surface area (Å²) in [5.41, 5.74) is 3.46. The van der Waals surface area contributed by atoms with Gasteiger partial charge >= 0.3 is 0 Å². The Kier molecular flexibility index (Phi) is 5.02. The van der Waals surface area contributed by atoms with Crippen molar-refractivity contribution < 1.29 is 9.53 Å². The van der Waals surface area contributed by atoms with Crippen molar-refractivity contribution >= 4 is 16.8 Å². The van der Waals surface area contributed by atoms with Gasteiger partial charge in [0.1, 0.15) is 5.82 Å². The number of likely N-dealkylation sites (tertiary alicyclic amines) is 1. The van der Waals surface area contributed by atoms with Gasteiger partial charge in [0.2, 0.25) is 5.56 Å². The van der Waals surface area contributed by atoms with Gasteiger partial charge < -0.3 is 14.3 Å². The van der Waals surface area contributed by atoms with Crippen LogP contribution in [0.25, 0.3) is 11.0 Å². The first-order chi connectivity index (χ1) is 14.9. The number of Topliss-reactive ketones (excluding diaryl/α,β-unsaturated/α-hetero) is 1. The molecule has 3 aromatic rings. The van der Waals surface area contributed by atoms with Crippen LogP contribution in [0.4, 0.5) is 0 Å². The number of nitrogens with one attached hydrogen (secondary N) is 1. The number of fused-ring (bicyclic) bond motifs is 1. The van der Waals surface area contributed by atoms with Crippen LogP contribution in [0.1, 0.15) is 48.6 Å². The number of hydrogen-bond acceptors (Lipinski definition) is 5. The van der Waals surface area contributed by atoms with E-state index in [9.17, 15) is 9.59 Å². The Morgan fingerprint density at radius 3 is 2.87 bits per heavy atom. The van der Waals surface area contributed by atoms with Gasteiger partial charge in [0, 0.05) is 35.9 Å². The molecule has 2 aliphatic rings. The Hall–Kier alpha value is -2.77. The van der Waals surface area contributed by atoms with Crippen LogP contribution < -0.4 is 5.56 Å². The van der Waals surface area contributed by atoms with E-state index in [-0.39, 0.29) is 22.9 Å². The zero-order valence-electron chi connectivity index (χ0n) is 18.1. The van der Waals surface area contributed by atoms with Crippen molar-refractivity contribution in [1.29, 1.82) is 0 Å². The molecule has 2 saturated heterocycles. The minimum atomic E-state index is -0.0872. The number of imidazole rings is 1. The molecule has 0 spiro atoms. The van der Waals surface area contributed by atoms with Crippen molar-refractivity contribution in [3.8, 4) is 0 Å². The summed E-state index contributed by atoms with van der Waals surface area (Å²) in [7, 11) is 0. The summed E-state index contributed by atoms with van der Waals surface area (Å²) in [6.45, 7) is 7.89. The van der Waals surface area contributed by atoms with Crippen molar-refractivity contribution in [2.24, 2.45) is 0 Å². The van der Waals surface area contributed by atoms with Crippen LogP contribution in [-0.4, -0.2) is 51.0 Å². The van der Waals surface area contributed by atoms with Crippen molar-refractivity contribution in [2.45, 2.75) is 51.3 Å². The third-order valence-electron chi connectivity index (χ3n) is 6.75. The van der Waals surface area contributed by atoms with Gasteiger partial charge in [-0.25, -0.2) is 4.98 Å². The topological polar surface area (TPSA) is 80.2 Å². The molecule has 2 aliphatic heterocycles. The summed E-state index contributed by atoms with van der Waals surface area (Å²) in [6.07, 6.45) is 2.23. The second-order valence-electron chi connectivity index (χ2n) is 9.13. The van der Waals surface area contributed by atoms with E-state index in [1.54, 1.807) is 13.0 Å². The first-order valence-corrected chi connectivity index (χ1v) is 11.0. The number of carbonyl (C=O) groups is 1. The Morgan fingerprint density at radius 2 is 2.16 bits per heavy atom. The van der Waals surface area contributed by atoms with Crippen LogP contribution in [0.3, 0.4) is 0 Å². The summed E-state index contributed by atoms with van der Waals surface area (Å²) < 4.78 is 7.92. The van der Waals surface area contributed by atoms with E-state index < -0.39 is 0 Å². The molecule has 0 bridgehead atoms. The van der Waals surface area contributed by atoms with E-state index in [4.69, 9.17) is 9.72 Å². The molecular weight excluding hydrogens is 392 g/mol. The summed E-state index contributed by atoms with van der Waals surface area (Å²) >= 11 is 0. The maximum Gasteiger partial charge on any atom is 0.248 e. The second-order valence-corrected chi connectivity index (χ2v) is 9.13. The molecule has 0 amide bonds. The minimum Gasteiger partial charge on any atom is -0.376 e. The van der Waals surface area contributed by atoms with Crippen molar-refractivity contribution in [3.05, 3.63) is 63.8 Å². The summed E-state index contributed by atoms with van der Waals surface area (Å²) in [6, 6.07) is 11.1. The van der Waals surface area contributed by atoms with Gasteiger partial charge in [0.15, 0.2) is 5.78 Å². The fraction of sp³-hybridized carbons (Fsp3) is 0.458. The van der Waals surface area contributed by atoms with Crippen molar-refractivity contribution in [1.82, 2.24) is 19.4 Å². The summed E-state index contributed by atoms with van der Waals surface area (Å²) in [5, 5.41) is 0. The molecule has 2 aromatic heterocycles. The molecule has 2 fully saturated rings. The van der Waals surface area contributed by atoms with Crippen LogP contribution in [0.2, 0.25) is 0 Å². The van der Waals surface area contributed by atoms with Crippen LogP contribution >= 0.6 is 0 Å². The highest BCUT2D eigenvalue weighted by Gasteiger charge is 2.36. The number of ketones is 1. The van der Waals surface area contributed by atoms with Gasteiger partial charge in [-0.3, -0.25) is 14.5 Å². The van der Waals surface area contributed by atoms with Crippen molar-refractivity contribution in [3.63, 3.8) is 0 Å². The molecule has 1 N–H and O–H groups in total. The molecular formula is C24H28N4O3. The van der Waals surface area contributed by atoms with Crippen LogP contribution in [0, 0.1) is 0 Å². The molecule has 162 valence electrons. The van der Waals surface area contributed by atoms with Gasteiger partial charge in [-0.2, -0.15) is 0 Å². The monoisotopic (exact) mass is 420 g/mol. The van der Waals surface area contributed by atoms with Gasteiger partial charge in [-0.15, -0.1) is 0 Å². The lowest BCUT2D eigenvalue weighted by Crippen LogP contribution is -2.33. The lowest BCUT2D eigenvalue weighted by atomic mass is 9.85. The third kappa shape index (κ3) is 3.83. The van der Waals surface area contributed by atoms with E-state index >= 15 is 0 Å². The van der Waals surface area contributed by atoms with Gasteiger partial charge in [-0.05, 0) is 50.6 Å². The van der Waals surface area contributed by atoms with E-state index in [1.165, 1.54) is 0 Å². The number of aromatic amines is 1. The zero-order chi connectivity index (χ0) is 21.6. The van der Waals surface area contributed by atoms with Crippen LogP contribution in [0.15, 0.2) is 41.2 Å². The molecule has 2 atom stereocenters. The Morgan fingerprint density at radius 1 is 1.32 bits per heavy atom. The lowest BCUT2D eigenvalue weighted by Gasteiger charge is -2.28. The Labute approximate surface area is 181 Å². The molecule has 1 unspecified atom stereocenters. The number of aromatic nitrogens is 3. The number of rotatable bonds is 6. The largest absolute Gasteiger partial charge is 0.376 e. The number of carbonyl (C=O) groups excluding carboxylic acids is 1. The first kappa shape index (κ1) is 20.2. The first-order valence-electron chi connectivity index (χ1n) is 11.0. The van der Waals surface area contributed by atoms with Gasteiger partial charge in [0.25, 0.3) is 0 Å². The average molecular weight is 421 g/mol. The molecule has 7 nitrogen and oxygen atoms in total. The third-order valence-corrected chi connectivity index (χ3v) is 6.75. The predicted molar refractivity (Wildman–Crippen MR) is 118 cm³/mol. The van der Waals surface area contributed by atoms with Gasteiger partial charge in [-0.1, -0.05) is 13.0 Å². The summed E-state index contributed by atoms with van der Waals surface area (Å²) in [4.78, 5) is 34.0. The Bertz CT molecular complexity index is 1190. The van der Waals surface area contributed by atoms with E-state index in [1.807, 2.05) is 30.3 Å². The standard InChI is InChI=1S/C24H28N4O3/c1-16(29)17-6-7-19-20(12-17)28(13-18-8-11-31-18)22(25-19)14-27-10-9-24(2,15-27)21-4-3-5-23(30)26-21/h3-7,12,18H,8-11,13-15H2,1-2H3,(H,26,30)/t18-,24?/m0/s1. The molecule has 0 aliphatic carbocycles.